The van der Waals surface area contributed by atoms with E-state index in [2.05, 4.69) is 12.2 Å². The average molecular weight is 409 g/mol. The van der Waals surface area contributed by atoms with Crippen LogP contribution in [0, 0.1) is 0 Å². The predicted molar refractivity (Wildman–Crippen MR) is 106 cm³/mol. The number of carbonyl (C=O) groups excluding carboxylic acids is 2. The summed E-state index contributed by atoms with van der Waals surface area (Å²) >= 11 is 12.1. The smallest absolute Gasteiger partial charge is 0.243 e. The molecule has 0 bridgehead atoms. The molecule has 0 aliphatic carbocycles. The molecule has 5 nitrogen and oxygen atoms in total. The first-order valence-corrected chi connectivity index (χ1v) is 9.41. The lowest BCUT2D eigenvalue weighted by molar-refractivity contribution is -0.129. The van der Waals surface area contributed by atoms with Crippen LogP contribution in [0.1, 0.15) is 42.4 Å². The zero-order chi connectivity index (χ0) is 19.8. The van der Waals surface area contributed by atoms with Gasteiger partial charge in [0.05, 0.1) is 0 Å². The van der Waals surface area contributed by atoms with Gasteiger partial charge < -0.3 is 5.32 Å². The highest BCUT2D eigenvalue weighted by molar-refractivity contribution is 6.35. The van der Waals surface area contributed by atoms with Gasteiger partial charge in [0.2, 0.25) is 11.8 Å². The standard InChI is InChI=1S/C20H22Cl2N2O3/c1-2-13-3-5-14(6-4-13)12-23-19(25)9-15(10-20(26)24-27)17-8-7-16(21)11-18(17)22/h3-8,11,15,27H,2,9-10,12H2,1H3,(H,23,25)(H,24,26). The highest BCUT2D eigenvalue weighted by Crippen LogP contribution is 2.32. The SMILES string of the molecule is CCc1ccc(CNC(=O)CC(CC(=O)NO)c2ccc(Cl)cc2Cl)cc1. The molecular weight excluding hydrogens is 387 g/mol. The maximum atomic E-state index is 12.4. The second-order valence-electron chi connectivity index (χ2n) is 6.25. The molecule has 2 aromatic carbocycles. The third kappa shape index (κ3) is 6.54. The van der Waals surface area contributed by atoms with Gasteiger partial charge in [-0.1, -0.05) is 60.5 Å². The van der Waals surface area contributed by atoms with E-state index in [1.165, 1.54) is 5.56 Å². The number of carbonyl (C=O) groups is 2. The normalized spacial score (nSPS) is 11.7. The second-order valence-corrected chi connectivity index (χ2v) is 7.10. The number of rotatable bonds is 8. The van der Waals surface area contributed by atoms with Crippen LogP contribution in [-0.2, 0) is 22.6 Å². The van der Waals surface area contributed by atoms with Gasteiger partial charge in [0, 0.05) is 35.3 Å². The van der Waals surface area contributed by atoms with E-state index in [-0.39, 0.29) is 18.7 Å². The number of benzene rings is 2. The first-order chi connectivity index (χ1) is 12.9. The Hall–Kier alpha value is -2.08. The van der Waals surface area contributed by atoms with Crippen molar-refractivity contribution in [3.63, 3.8) is 0 Å². The molecule has 1 unspecified atom stereocenters. The van der Waals surface area contributed by atoms with Crippen LogP contribution in [0.3, 0.4) is 0 Å². The lowest BCUT2D eigenvalue weighted by Crippen LogP contribution is -2.27. The molecule has 2 amide bonds. The van der Waals surface area contributed by atoms with Crippen LogP contribution in [0.15, 0.2) is 42.5 Å². The molecule has 2 rings (SSSR count). The molecule has 0 aliphatic rings. The van der Waals surface area contributed by atoms with Crippen molar-refractivity contribution in [1.29, 1.82) is 0 Å². The summed E-state index contributed by atoms with van der Waals surface area (Å²) in [5.41, 5.74) is 4.46. The van der Waals surface area contributed by atoms with Crippen LogP contribution in [0.5, 0.6) is 0 Å². The van der Waals surface area contributed by atoms with E-state index in [0.717, 1.165) is 12.0 Å². The van der Waals surface area contributed by atoms with E-state index in [9.17, 15) is 9.59 Å². The lowest BCUT2D eigenvalue weighted by Gasteiger charge is -2.18. The number of hydrogen-bond acceptors (Lipinski definition) is 3. The summed E-state index contributed by atoms with van der Waals surface area (Å²) in [4.78, 5) is 24.0. The topological polar surface area (TPSA) is 78.4 Å². The zero-order valence-corrected chi connectivity index (χ0v) is 16.5. The molecule has 0 saturated carbocycles. The molecule has 0 spiro atoms. The van der Waals surface area contributed by atoms with E-state index in [0.29, 0.717) is 22.2 Å². The number of nitrogens with one attached hydrogen (secondary N) is 2. The molecule has 0 aliphatic heterocycles. The molecule has 0 heterocycles. The highest BCUT2D eigenvalue weighted by atomic mass is 35.5. The van der Waals surface area contributed by atoms with E-state index in [1.54, 1.807) is 23.7 Å². The van der Waals surface area contributed by atoms with Gasteiger partial charge >= 0.3 is 0 Å². The second kappa shape index (κ2) is 10.3. The van der Waals surface area contributed by atoms with Crippen LogP contribution in [0.4, 0.5) is 0 Å². The molecule has 1 atom stereocenters. The van der Waals surface area contributed by atoms with Crippen LogP contribution < -0.4 is 10.8 Å². The Morgan fingerprint density at radius 2 is 1.63 bits per heavy atom. The number of amides is 2. The Morgan fingerprint density at radius 1 is 1.00 bits per heavy atom. The summed E-state index contributed by atoms with van der Waals surface area (Å²) in [5.74, 6) is -1.28. The molecule has 144 valence electrons. The van der Waals surface area contributed by atoms with Crippen molar-refractivity contribution in [1.82, 2.24) is 10.8 Å². The van der Waals surface area contributed by atoms with E-state index in [4.69, 9.17) is 28.4 Å². The minimum Gasteiger partial charge on any atom is -0.352 e. The number of hydrogen-bond donors (Lipinski definition) is 3. The van der Waals surface area contributed by atoms with Gasteiger partial charge in [-0.05, 0) is 35.2 Å². The molecule has 0 fully saturated rings. The minimum atomic E-state index is -0.589. The fourth-order valence-electron chi connectivity index (χ4n) is 2.78. The van der Waals surface area contributed by atoms with Gasteiger partial charge in [-0.25, -0.2) is 5.48 Å². The third-order valence-corrected chi connectivity index (χ3v) is 4.87. The van der Waals surface area contributed by atoms with Crippen molar-refractivity contribution in [3.05, 3.63) is 69.2 Å². The first kappa shape index (κ1) is 21.2. The van der Waals surface area contributed by atoms with Gasteiger partial charge in [-0.2, -0.15) is 0 Å². The quantitative estimate of drug-likeness (QED) is 0.451. The molecule has 7 heteroatoms. The number of hydroxylamine groups is 1. The van der Waals surface area contributed by atoms with Gasteiger partial charge in [0.25, 0.3) is 0 Å². The summed E-state index contributed by atoms with van der Waals surface area (Å²) in [6.45, 7) is 2.48. The average Bonchev–Trinajstić information content (AvgIpc) is 2.66. The van der Waals surface area contributed by atoms with Gasteiger partial charge in [-0.3, -0.25) is 14.8 Å². The Labute approximate surface area is 168 Å². The Balaban J connectivity index is 2.04. The Kier molecular flexibility index (Phi) is 8.10. The lowest BCUT2D eigenvalue weighted by atomic mass is 9.91. The summed E-state index contributed by atoms with van der Waals surface area (Å²) < 4.78 is 0. The molecular formula is C20H22Cl2N2O3. The third-order valence-electron chi connectivity index (χ3n) is 4.31. The van der Waals surface area contributed by atoms with E-state index in [1.807, 2.05) is 24.3 Å². The highest BCUT2D eigenvalue weighted by Gasteiger charge is 2.22. The van der Waals surface area contributed by atoms with Crippen molar-refractivity contribution >= 4 is 35.0 Å². The van der Waals surface area contributed by atoms with Crippen LogP contribution in [-0.4, -0.2) is 17.0 Å². The molecule has 27 heavy (non-hydrogen) atoms. The number of aryl methyl sites for hydroxylation is 1. The van der Waals surface area contributed by atoms with Crippen LogP contribution >= 0.6 is 23.2 Å². The van der Waals surface area contributed by atoms with Crippen molar-refractivity contribution in [2.45, 2.75) is 38.6 Å². The molecule has 2 aromatic rings. The predicted octanol–water partition coefficient (Wildman–Crippen LogP) is 4.24. The first-order valence-electron chi connectivity index (χ1n) is 8.65. The fourth-order valence-corrected chi connectivity index (χ4v) is 3.35. The Bertz CT molecular complexity index is 794. The summed E-state index contributed by atoms with van der Waals surface area (Å²) in [6.07, 6.45) is 0.946. The molecule has 0 radical (unpaired) electrons. The minimum absolute atomic E-state index is 0.0574. The maximum absolute atomic E-state index is 12.4. The van der Waals surface area contributed by atoms with Crippen LogP contribution in [0.25, 0.3) is 0 Å². The molecule has 0 saturated heterocycles. The van der Waals surface area contributed by atoms with Crippen molar-refractivity contribution in [3.8, 4) is 0 Å². The van der Waals surface area contributed by atoms with Gasteiger partial charge in [-0.15, -0.1) is 0 Å². The van der Waals surface area contributed by atoms with E-state index >= 15 is 0 Å². The van der Waals surface area contributed by atoms with Gasteiger partial charge in [0.1, 0.15) is 0 Å². The van der Waals surface area contributed by atoms with Crippen LogP contribution in [0.2, 0.25) is 10.0 Å². The maximum Gasteiger partial charge on any atom is 0.243 e. The monoisotopic (exact) mass is 408 g/mol. The summed E-state index contributed by atoms with van der Waals surface area (Å²) in [5, 5.41) is 12.5. The van der Waals surface area contributed by atoms with E-state index < -0.39 is 11.8 Å². The summed E-state index contributed by atoms with van der Waals surface area (Å²) in [7, 11) is 0. The zero-order valence-electron chi connectivity index (χ0n) is 15.0. The molecule has 0 aromatic heterocycles. The fraction of sp³-hybridized carbons (Fsp3) is 0.300. The van der Waals surface area contributed by atoms with Crippen molar-refractivity contribution in [2.75, 3.05) is 0 Å². The largest absolute Gasteiger partial charge is 0.352 e. The van der Waals surface area contributed by atoms with Gasteiger partial charge in [0.15, 0.2) is 0 Å². The van der Waals surface area contributed by atoms with Crippen molar-refractivity contribution < 1.29 is 14.8 Å². The van der Waals surface area contributed by atoms with Crippen molar-refractivity contribution in [2.24, 2.45) is 0 Å². The Morgan fingerprint density at radius 3 is 2.22 bits per heavy atom. The molecule has 3 N–H and O–H groups in total. The summed E-state index contributed by atoms with van der Waals surface area (Å²) in [6, 6.07) is 12.9. The number of halogens is 2.